The van der Waals surface area contributed by atoms with Crippen LogP contribution in [-0.2, 0) is 16.1 Å². The van der Waals surface area contributed by atoms with Gasteiger partial charge in [0.1, 0.15) is 18.0 Å². The predicted octanol–water partition coefficient (Wildman–Crippen LogP) is 3.68. The van der Waals surface area contributed by atoms with Gasteiger partial charge in [0.2, 0.25) is 0 Å². The van der Waals surface area contributed by atoms with Crippen LogP contribution < -0.4 is 10.1 Å². The molecule has 0 radical (unpaired) electrons. The number of rotatable bonds is 9. The van der Waals surface area contributed by atoms with Gasteiger partial charge in [0, 0.05) is 30.4 Å². The molecule has 0 saturated carbocycles. The highest BCUT2D eigenvalue weighted by Crippen LogP contribution is 2.16. The van der Waals surface area contributed by atoms with Gasteiger partial charge in [-0.15, -0.1) is 0 Å². The first kappa shape index (κ1) is 21.4. The van der Waals surface area contributed by atoms with Crippen LogP contribution in [0.4, 0.5) is 0 Å². The fraction of sp³-hybridized carbons (Fsp3) is 0.348. The van der Waals surface area contributed by atoms with Crippen LogP contribution in [0.1, 0.15) is 48.3 Å². The fourth-order valence-corrected chi connectivity index (χ4v) is 3.06. The number of aromatic nitrogens is 2. The molecular formula is C23H27N3O4. The zero-order chi connectivity index (χ0) is 21.5. The van der Waals surface area contributed by atoms with E-state index in [9.17, 15) is 9.59 Å². The van der Waals surface area contributed by atoms with E-state index in [0.29, 0.717) is 30.9 Å². The molecule has 0 spiro atoms. The highest BCUT2D eigenvalue weighted by molar-refractivity contribution is 5.94. The number of hydrogen-bond donors (Lipinski definition) is 1. The Kier molecular flexibility index (Phi) is 7.06. The Balaban J connectivity index is 1.55. The normalized spacial score (nSPS) is 11.8. The first-order valence-corrected chi connectivity index (χ1v) is 10.1. The minimum absolute atomic E-state index is 0.145. The van der Waals surface area contributed by atoms with Crippen molar-refractivity contribution in [3.8, 4) is 5.75 Å². The van der Waals surface area contributed by atoms with Gasteiger partial charge in [0.15, 0.2) is 0 Å². The summed E-state index contributed by atoms with van der Waals surface area (Å²) in [5.74, 6) is 0.131. The van der Waals surface area contributed by atoms with Crippen molar-refractivity contribution in [2.24, 2.45) is 0 Å². The topological polar surface area (TPSA) is 81.9 Å². The molecule has 3 aromatic rings. The second-order valence-corrected chi connectivity index (χ2v) is 7.24. The lowest BCUT2D eigenvalue weighted by molar-refractivity contribution is -0.143. The number of imidazole rings is 1. The second kappa shape index (κ2) is 9.91. The smallest absolute Gasteiger partial charge is 0.305 e. The number of carbonyl (C=O) groups excluding carboxylic acids is 2. The average molecular weight is 409 g/mol. The number of nitrogens with zero attached hydrogens (tertiary/aromatic N) is 2. The molecule has 0 aliphatic carbocycles. The van der Waals surface area contributed by atoms with Crippen LogP contribution in [0.25, 0.3) is 5.65 Å². The largest absolute Gasteiger partial charge is 0.487 e. The molecule has 1 atom stereocenters. The molecule has 0 bridgehead atoms. The van der Waals surface area contributed by atoms with Crippen molar-refractivity contribution in [1.29, 1.82) is 0 Å². The van der Waals surface area contributed by atoms with Crippen molar-refractivity contribution in [3.05, 3.63) is 65.6 Å². The van der Waals surface area contributed by atoms with E-state index in [1.165, 1.54) is 0 Å². The summed E-state index contributed by atoms with van der Waals surface area (Å²) in [4.78, 5) is 28.5. The summed E-state index contributed by atoms with van der Waals surface area (Å²) in [6.45, 7) is 6.34. The van der Waals surface area contributed by atoms with Crippen LogP contribution in [0.5, 0.6) is 5.75 Å². The fourth-order valence-electron chi connectivity index (χ4n) is 3.06. The van der Waals surface area contributed by atoms with Crippen molar-refractivity contribution in [1.82, 2.24) is 14.7 Å². The van der Waals surface area contributed by atoms with Crippen LogP contribution in [-0.4, -0.2) is 33.9 Å². The lowest BCUT2D eigenvalue weighted by atomic mass is 10.1. The van der Waals surface area contributed by atoms with Crippen molar-refractivity contribution in [2.75, 3.05) is 6.61 Å². The van der Waals surface area contributed by atoms with Gasteiger partial charge >= 0.3 is 5.97 Å². The van der Waals surface area contributed by atoms with E-state index in [4.69, 9.17) is 9.47 Å². The summed E-state index contributed by atoms with van der Waals surface area (Å²) in [6.07, 6.45) is 4.75. The van der Waals surface area contributed by atoms with Crippen LogP contribution in [0.3, 0.4) is 0 Å². The molecule has 7 heteroatoms. The Morgan fingerprint density at radius 3 is 2.83 bits per heavy atom. The number of amides is 1. The quantitative estimate of drug-likeness (QED) is 0.545. The average Bonchev–Trinajstić information content (AvgIpc) is 3.13. The molecule has 0 fully saturated rings. The van der Waals surface area contributed by atoms with E-state index >= 15 is 0 Å². The SMILES string of the molecule is CCOC(=O)CC[C@H](C)NC(=O)c1cccc(OCc2cn3cc(C)ccc3n2)c1. The van der Waals surface area contributed by atoms with Crippen LogP contribution in [0, 0.1) is 6.92 Å². The molecule has 30 heavy (non-hydrogen) atoms. The predicted molar refractivity (Wildman–Crippen MR) is 113 cm³/mol. The maximum atomic E-state index is 12.5. The number of aryl methyl sites for hydroxylation is 1. The summed E-state index contributed by atoms with van der Waals surface area (Å²) < 4.78 is 12.7. The molecule has 158 valence electrons. The van der Waals surface area contributed by atoms with E-state index in [2.05, 4.69) is 10.3 Å². The highest BCUT2D eigenvalue weighted by Gasteiger charge is 2.13. The number of nitrogens with one attached hydrogen (secondary N) is 1. The summed E-state index contributed by atoms with van der Waals surface area (Å²) in [6, 6.07) is 10.9. The number of hydrogen-bond acceptors (Lipinski definition) is 5. The van der Waals surface area contributed by atoms with Gasteiger partial charge in [-0.05, 0) is 57.0 Å². The Morgan fingerprint density at radius 1 is 1.20 bits per heavy atom. The van der Waals surface area contributed by atoms with Gasteiger partial charge in [-0.1, -0.05) is 12.1 Å². The van der Waals surface area contributed by atoms with Gasteiger partial charge in [-0.25, -0.2) is 4.98 Å². The molecule has 0 saturated heterocycles. The van der Waals surface area contributed by atoms with Gasteiger partial charge in [0.05, 0.1) is 12.3 Å². The van der Waals surface area contributed by atoms with Crippen LogP contribution in [0.2, 0.25) is 0 Å². The molecule has 0 unspecified atom stereocenters. The Hall–Kier alpha value is -3.35. The molecule has 0 aliphatic heterocycles. The highest BCUT2D eigenvalue weighted by atomic mass is 16.5. The number of fused-ring (bicyclic) bond motifs is 1. The maximum absolute atomic E-state index is 12.5. The maximum Gasteiger partial charge on any atom is 0.305 e. The second-order valence-electron chi connectivity index (χ2n) is 7.24. The zero-order valence-corrected chi connectivity index (χ0v) is 17.6. The number of carbonyl (C=O) groups is 2. The van der Waals surface area contributed by atoms with Gasteiger partial charge in [-0.2, -0.15) is 0 Å². The summed E-state index contributed by atoms with van der Waals surface area (Å²) in [7, 11) is 0. The molecule has 3 rings (SSSR count). The Bertz CT molecular complexity index is 1030. The van der Waals surface area contributed by atoms with E-state index in [0.717, 1.165) is 16.9 Å². The molecule has 2 aromatic heterocycles. The number of pyridine rings is 1. The molecule has 7 nitrogen and oxygen atoms in total. The minimum Gasteiger partial charge on any atom is -0.487 e. The standard InChI is InChI=1S/C23H27N3O4/c1-4-29-22(27)11-9-17(3)24-23(28)18-6-5-7-20(12-18)30-15-19-14-26-13-16(2)8-10-21(26)25-19/h5-8,10,12-14,17H,4,9,11,15H2,1-3H3,(H,24,28)/t17-/m0/s1. The van der Waals surface area contributed by atoms with Crippen molar-refractivity contribution >= 4 is 17.5 Å². The summed E-state index contributed by atoms with van der Waals surface area (Å²) in [5.41, 5.74) is 3.33. The monoisotopic (exact) mass is 409 g/mol. The number of esters is 1. The van der Waals surface area contributed by atoms with Crippen molar-refractivity contribution in [2.45, 2.75) is 46.3 Å². The van der Waals surface area contributed by atoms with E-state index in [-0.39, 0.29) is 24.3 Å². The van der Waals surface area contributed by atoms with Gasteiger partial charge < -0.3 is 19.2 Å². The van der Waals surface area contributed by atoms with Crippen molar-refractivity contribution < 1.29 is 19.1 Å². The third kappa shape index (κ3) is 5.83. The first-order chi connectivity index (χ1) is 14.4. The number of ether oxygens (including phenoxy) is 2. The zero-order valence-electron chi connectivity index (χ0n) is 17.6. The third-order valence-corrected chi connectivity index (χ3v) is 4.60. The van der Waals surface area contributed by atoms with E-state index < -0.39 is 0 Å². The van der Waals surface area contributed by atoms with Gasteiger partial charge in [-0.3, -0.25) is 9.59 Å². The van der Waals surface area contributed by atoms with Gasteiger partial charge in [0.25, 0.3) is 5.91 Å². The van der Waals surface area contributed by atoms with Crippen molar-refractivity contribution in [3.63, 3.8) is 0 Å². The van der Waals surface area contributed by atoms with Crippen LogP contribution >= 0.6 is 0 Å². The molecule has 0 aliphatic rings. The number of benzene rings is 1. The molecule has 1 amide bonds. The van der Waals surface area contributed by atoms with Crippen LogP contribution in [0.15, 0.2) is 48.8 Å². The lowest BCUT2D eigenvalue weighted by Gasteiger charge is -2.14. The lowest BCUT2D eigenvalue weighted by Crippen LogP contribution is -2.33. The Morgan fingerprint density at radius 2 is 2.03 bits per heavy atom. The first-order valence-electron chi connectivity index (χ1n) is 10.1. The summed E-state index contributed by atoms with van der Waals surface area (Å²) >= 11 is 0. The van der Waals surface area contributed by atoms with E-state index in [1.54, 1.807) is 31.2 Å². The Labute approximate surface area is 176 Å². The summed E-state index contributed by atoms with van der Waals surface area (Å²) in [5, 5.41) is 2.90. The minimum atomic E-state index is -0.254. The molecule has 1 aromatic carbocycles. The molecule has 2 heterocycles. The third-order valence-electron chi connectivity index (χ3n) is 4.60. The molecule has 1 N–H and O–H groups in total. The van der Waals surface area contributed by atoms with E-state index in [1.807, 2.05) is 42.8 Å². The molecular weight excluding hydrogens is 382 g/mol.